The number of carbonyl (C=O) groups excluding carboxylic acids is 1. The lowest BCUT2D eigenvalue weighted by atomic mass is 10.1. The van der Waals surface area contributed by atoms with Crippen LogP contribution in [0.2, 0.25) is 0 Å². The third-order valence-electron chi connectivity index (χ3n) is 3.48. The van der Waals surface area contributed by atoms with Crippen molar-refractivity contribution in [2.24, 2.45) is 0 Å². The maximum absolute atomic E-state index is 12.0. The number of benzene rings is 1. The normalized spacial score (nSPS) is 19.4. The zero-order valence-corrected chi connectivity index (χ0v) is 13.1. The van der Waals surface area contributed by atoms with E-state index in [0.717, 1.165) is 37.1 Å². The Morgan fingerprint density at radius 1 is 1.25 bits per heavy atom. The van der Waals surface area contributed by atoms with E-state index < -0.39 is 0 Å². The number of carbonyl (C=O) groups is 1. The first-order valence-corrected chi connectivity index (χ1v) is 7.77. The van der Waals surface area contributed by atoms with Crippen molar-refractivity contribution in [1.29, 1.82) is 0 Å². The van der Waals surface area contributed by atoms with Crippen LogP contribution in [-0.2, 0) is 4.79 Å². The van der Waals surface area contributed by atoms with Gasteiger partial charge in [0.1, 0.15) is 11.7 Å². The van der Waals surface area contributed by atoms with E-state index in [0.29, 0.717) is 0 Å². The van der Waals surface area contributed by atoms with Gasteiger partial charge in [-0.2, -0.15) is 0 Å². The van der Waals surface area contributed by atoms with E-state index in [2.05, 4.69) is 38.2 Å². The smallest absolute Gasteiger partial charge is 0.244 e. The lowest BCUT2D eigenvalue weighted by molar-refractivity contribution is -0.124. The molecule has 3 rings (SSSR count). The molecule has 2 heterocycles. The molecule has 1 amide bonds. The van der Waals surface area contributed by atoms with Crippen molar-refractivity contribution in [2.75, 3.05) is 6.54 Å². The zero-order chi connectivity index (χ0) is 13.9. The summed E-state index contributed by atoms with van der Waals surface area (Å²) in [4.78, 5) is 12.0. The molecular formula is C14H15IN4O. The molecule has 104 valence electrons. The SMILES string of the molecule is O=C1NCCCCC1n1cc(-c2ccc(I)cc2)nn1. The van der Waals surface area contributed by atoms with Crippen molar-refractivity contribution in [3.63, 3.8) is 0 Å². The van der Waals surface area contributed by atoms with E-state index in [1.165, 1.54) is 3.57 Å². The molecule has 1 aromatic carbocycles. The summed E-state index contributed by atoms with van der Waals surface area (Å²) in [5.41, 5.74) is 1.82. The summed E-state index contributed by atoms with van der Waals surface area (Å²) in [5.74, 6) is 0.0431. The van der Waals surface area contributed by atoms with Gasteiger partial charge in [-0.25, -0.2) is 4.68 Å². The number of hydrogen-bond acceptors (Lipinski definition) is 3. The van der Waals surface area contributed by atoms with Gasteiger partial charge >= 0.3 is 0 Å². The summed E-state index contributed by atoms with van der Waals surface area (Å²) in [7, 11) is 0. The Kier molecular flexibility index (Phi) is 4.00. The van der Waals surface area contributed by atoms with Crippen molar-refractivity contribution in [1.82, 2.24) is 20.3 Å². The van der Waals surface area contributed by atoms with Crippen molar-refractivity contribution in [3.8, 4) is 11.3 Å². The Bertz CT molecular complexity index is 608. The highest BCUT2D eigenvalue weighted by atomic mass is 127. The molecule has 0 aliphatic carbocycles. The minimum atomic E-state index is -0.234. The molecule has 1 aliphatic heterocycles. The fourth-order valence-corrected chi connectivity index (χ4v) is 2.72. The van der Waals surface area contributed by atoms with Crippen molar-refractivity contribution < 1.29 is 4.79 Å². The van der Waals surface area contributed by atoms with Gasteiger partial charge in [0.2, 0.25) is 5.91 Å². The topological polar surface area (TPSA) is 59.8 Å². The van der Waals surface area contributed by atoms with Crippen molar-refractivity contribution in [2.45, 2.75) is 25.3 Å². The van der Waals surface area contributed by atoms with E-state index in [4.69, 9.17) is 0 Å². The van der Waals surface area contributed by atoms with Crippen molar-refractivity contribution >= 4 is 28.5 Å². The Hall–Kier alpha value is -1.44. The first kappa shape index (κ1) is 13.5. The van der Waals surface area contributed by atoms with Gasteiger partial charge < -0.3 is 5.32 Å². The molecule has 5 nitrogen and oxygen atoms in total. The quantitative estimate of drug-likeness (QED) is 0.812. The highest BCUT2D eigenvalue weighted by Gasteiger charge is 2.23. The molecule has 1 aromatic heterocycles. The predicted molar refractivity (Wildman–Crippen MR) is 84.1 cm³/mol. The number of nitrogens with zero attached hydrogens (tertiary/aromatic N) is 3. The van der Waals surface area contributed by atoms with Crippen LogP contribution in [0.4, 0.5) is 0 Å². The first-order valence-electron chi connectivity index (χ1n) is 6.69. The minimum absolute atomic E-state index is 0.0431. The van der Waals surface area contributed by atoms with Gasteiger partial charge in [-0.3, -0.25) is 4.79 Å². The highest BCUT2D eigenvalue weighted by Crippen LogP contribution is 2.22. The number of nitrogens with one attached hydrogen (secondary N) is 1. The second kappa shape index (κ2) is 5.90. The molecule has 1 fully saturated rings. The molecule has 1 saturated heterocycles. The largest absolute Gasteiger partial charge is 0.354 e. The molecule has 0 spiro atoms. The van der Waals surface area contributed by atoms with E-state index in [1.54, 1.807) is 4.68 Å². The molecule has 6 heteroatoms. The molecule has 1 N–H and O–H groups in total. The lowest BCUT2D eigenvalue weighted by Gasteiger charge is -2.12. The van der Waals surface area contributed by atoms with Crippen LogP contribution in [0, 0.1) is 3.57 Å². The number of halogens is 1. The lowest BCUT2D eigenvalue weighted by Crippen LogP contribution is -2.31. The molecule has 0 saturated carbocycles. The number of amides is 1. The fourth-order valence-electron chi connectivity index (χ4n) is 2.36. The maximum atomic E-state index is 12.0. The number of rotatable bonds is 2. The summed E-state index contributed by atoms with van der Waals surface area (Å²) < 4.78 is 2.87. The van der Waals surface area contributed by atoms with Crippen LogP contribution in [-0.4, -0.2) is 27.4 Å². The van der Waals surface area contributed by atoms with Gasteiger partial charge in [-0.05, 0) is 54.0 Å². The van der Waals surface area contributed by atoms with Crippen LogP contribution in [0.25, 0.3) is 11.3 Å². The van der Waals surface area contributed by atoms with E-state index >= 15 is 0 Å². The van der Waals surface area contributed by atoms with E-state index in [-0.39, 0.29) is 11.9 Å². The van der Waals surface area contributed by atoms with Crippen molar-refractivity contribution in [3.05, 3.63) is 34.0 Å². The molecular weight excluding hydrogens is 367 g/mol. The monoisotopic (exact) mass is 382 g/mol. The highest BCUT2D eigenvalue weighted by molar-refractivity contribution is 14.1. The Balaban J connectivity index is 1.85. The third-order valence-corrected chi connectivity index (χ3v) is 4.19. The van der Waals surface area contributed by atoms with E-state index in [1.807, 2.05) is 30.5 Å². The Labute approximate surface area is 130 Å². The molecule has 1 aliphatic rings. The number of hydrogen-bond donors (Lipinski definition) is 1. The molecule has 2 aromatic rings. The second-order valence-electron chi connectivity index (χ2n) is 4.89. The fraction of sp³-hybridized carbons (Fsp3) is 0.357. The van der Waals surface area contributed by atoms with Crippen LogP contribution >= 0.6 is 22.6 Å². The summed E-state index contributed by atoms with van der Waals surface area (Å²) >= 11 is 2.27. The first-order chi connectivity index (χ1) is 9.74. The van der Waals surface area contributed by atoms with Crippen LogP contribution in [0.5, 0.6) is 0 Å². The standard InChI is InChI=1S/C14H15IN4O/c15-11-6-4-10(5-7-11)12-9-19(18-17-12)13-3-1-2-8-16-14(13)20/h4-7,9,13H,1-3,8H2,(H,16,20). The minimum Gasteiger partial charge on any atom is -0.354 e. The predicted octanol–water partition coefficient (Wildman–Crippen LogP) is 2.39. The molecule has 0 radical (unpaired) electrons. The van der Waals surface area contributed by atoms with Gasteiger partial charge in [0.25, 0.3) is 0 Å². The average Bonchev–Trinajstić information content (AvgIpc) is 2.83. The van der Waals surface area contributed by atoms with E-state index in [9.17, 15) is 4.79 Å². The van der Waals surface area contributed by atoms with Gasteiger partial charge in [-0.1, -0.05) is 17.3 Å². The molecule has 1 atom stereocenters. The summed E-state index contributed by atoms with van der Waals surface area (Å²) in [6.45, 7) is 0.758. The van der Waals surface area contributed by atoms with Gasteiger partial charge in [0.15, 0.2) is 0 Å². The summed E-state index contributed by atoms with van der Waals surface area (Å²) in [6.07, 6.45) is 4.74. The van der Waals surface area contributed by atoms with Gasteiger partial charge in [0, 0.05) is 15.7 Å². The summed E-state index contributed by atoms with van der Waals surface area (Å²) in [6, 6.07) is 7.87. The Morgan fingerprint density at radius 3 is 2.85 bits per heavy atom. The second-order valence-corrected chi connectivity index (χ2v) is 6.14. The number of aromatic nitrogens is 3. The molecule has 20 heavy (non-hydrogen) atoms. The molecule has 0 bridgehead atoms. The Morgan fingerprint density at radius 2 is 2.05 bits per heavy atom. The third kappa shape index (κ3) is 2.84. The van der Waals surface area contributed by atoms with Gasteiger partial charge in [0.05, 0.1) is 6.20 Å². The zero-order valence-electron chi connectivity index (χ0n) is 10.9. The van der Waals surface area contributed by atoms with Gasteiger partial charge in [-0.15, -0.1) is 5.10 Å². The maximum Gasteiger partial charge on any atom is 0.244 e. The summed E-state index contributed by atoms with van der Waals surface area (Å²) in [5, 5.41) is 11.2. The van der Waals surface area contributed by atoms with Crippen LogP contribution in [0.15, 0.2) is 30.5 Å². The average molecular weight is 382 g/mol. The van der Waals surface area contributed by atoms with Crippen LogP contribution < -0.4 is 5.32 Å². The van der Waals surface area contributed by atoms with Crippen LogP contribution in [0.3, 0.4) is 0 Å². The van der Waals surface area contributed by atoms with Crippen LogP contribution in [0.1, 0.15) is 25.3 Å². The molecule has 1 unspecified atom stereocenters.